The quantitative estimate of drug-likeness (QED) is 0.709. The smallest absolute Gasteiger partial charge is 0.255 e. The second-order valence-corrected chi connectivity index (χ2v) is 7.54. The van der Waals surface area contributed by atoms with Crippen LogP contribution in [0.1, 0.15) is 29.0 Å². The van der Waals surface area contributed by atoms with E-state index in [1.165, 1.54) is 12.3 Å². The number of carbonyl (C=O) groups is 1. The van der Waals surface area contributed by atoms with Crippen LogP contribution in [-0.2, 0) is 7.05 Å². The highest BCUT2D eigenvalue weighted by molar-refractivity contribution is 5.94. The van der Waals surface area contributed by atoms with Gasteiger partial charge in [-0.05, 0) is 25.8 Å². The Balaban J connectivity index is 1.46. The van der Waals surface area contributed by atoms with E-state index in [9.17, 15) is 9.59 Å². The minimum absolute atomic E-state index is 0.0315. The molecule has 0 spiro atoms. The van der Waals surface area contributed by atoms with Crippen LogP contribution in [0.2, 0.25) is 0 Å². The van der Waals surface area contributed by atoms with Gasteiger partial charge in [0.15, 0.2) is 5.65 Å². The number of nitrogens with zero attached hydrogens (tertiary/aromatic N) is 6. The number of carbonyl (C=O) groups excluding carboxylic acids is 1. The van der Waals surface area contributed by atoms with Crippen LogP contribution in [0.25, 0.3) is 11.0 Å². The van der Waals surface area contributed by atoms with Gasteiger partial charge in [0, 0.05) is 44.5 Å². The molecule has 0 saturated carbocycles. The third-order valence-corrected chi connectivity index (χ3v) is 5.78. The Hall–Kier alpha value is -3.23. The van der Waals surface area contributed by atoms with Gasteiger partial charge in [0.05, 0.1) is 17.1 Å². The first-order chi connectivity index (χ1) is 13.5. The Bertz CT molecular complexity index is 1110. The summed E-state index contributed by atoms with van der Waals surface area (Å²) in [5, 5.41) is 5.28. The third-order valence-electron chi connectivity index (χ3n) is 5.78. The summed E-state index contributed by atoms with van der Waals surface area (Å²) in [4.78, 5) is 40.3. The Kier molecular flexibility index (Phi) is 3.71. The highest BCUT2D eigenvalue weighted by Gasteiger charge is 2.42. The number of fused-ring (bicyclic) bond motifs is 4. The topological polar surface area (TPSA) is 100 Å². The van der Waals surface area contributed by atoms with Crippen molar-refractivity contribution in [3.05, 3.63) is 46.3 Å². The van der Waals surface area contributed by atoms with Crippen molar-refractivity contribution in [1.29, 1.82) is 0 Å². The van der Waals surface area contributed by atoms with Gasteiger partial charge in [0.1, 0.15) is 11.6 Å². The summed E-state index contributed by atoms with van der Waals surface area (Å²) in [6.07, 6.45) is 5.30. The standard InChI is InChI=1S/C19H21N7O2/c1-11-22-17-15(8-21-24(17)2)18(23-11)25-9-14-5-4-13(25)10-26(14)19(28)12-3-6-16(27)20-7-12/h3,6-8,13-14H,4-5,9-10H2,1-2H3,(H,20,27). The van der Waals surface area contributed by atoms with Crippen molar-refractivity contribution < 1.29 is 4.79 Å². The molecular formula is C19H21N7O2. The van der Waals surface area contributed by atoms with Gasteiger partial charge in [-0.1, -0.05) is 0 Å². The number of piperidine rings is 2. The number of anilines is 1. The van der Waals surface area contributed by atoms with Gasteiger partial charge in [-0.2, -0.15) is 5.10 Å². The van der Waals surface area contributed by atoms with Crippen molar-refractivity contribution in [1.82, 2.24) is 29.6 Å². The fraction of sp³-hybridized carbons (Fsp3) is 0.421. The summed E-state index contributed by atoms with van der Waals surface area (Å²) in [6, 6.07) is 3.31. The van der Waals surface area contributed by atoms with E-state index < -0.39 is 0 Å². The molecule has 3 saturated heterocycles. The molecule has 1 amide bonds. The lowest BCUT2D eigenvalue weighted by atomic mass is 9.90. The van der Waals surface area contributed by atoms with Crippen LogP contribution in [0.5, 0.6) is 0 Å². The third kappa shape index (κ3) is 2.57. The van der Waals surface area contributed by atoms with Crippen LogP contribution in [0, 0.1) is 6.92 Å². The first-order valence-corrected chi connectivity index (χ1v) is 9.44. The minimum atomic E-state index is -0.206. The van der Waals surface area contributed by atoms with Gasteiger partial charge in [0.25, 0.3) is 5.91 Å². The number of piperazine rings is 1. The lowest BCUT2D eigenvalue weighted by molar-refractivity contribution is 0.0504. The molecule has 3 aliphatic rings. The monoisotopic (exact) mass is 379 g/mol. The molecule has 6 rings (SSSR count). The molecule has 3 aromatic heterocycles. The highest BCUT2D eigenvalue weighted by Crippen LogP contribution is 2.35. The Labute approximate surface area is 161 Å². The maximum Gasteiger partial charge on any atom is 0.255 e. The molecule has 2 atom stereocenters. The van der Waals surface area contributed by atoms with Crippen LogP contribution in [0.15, 0.2) is 29.3 Å². The summed E-state index contributed by atoms with van der Waals surface area (Å²) in [5.74, 6) is 1.59. The number of aromatic nitrogens is 5. The summed E-state index contributed by atoms with van der Waals surface area (Å²) >= 11 is 0. The van der Waals surface area contributed by atoms with Gasteiger partial charge in [-0.3, -0.25) is 14.3 Å². The number of aromatic amines is 1. The lowest BCUT2D eigenvalue weighted by Gasteiger charge is -2.52. The predicted molar refractivity (Wildman–Crippen MR) is 103 cm³/mol. The summed E-state index contributed by atoms with van der Waals surface area (Å²) in [6.45, 7) is 3.28. The largest absolute Gasteiger partial charge is 0.349 e. The van der Waals surface area contributed by atoms with Gasteiger partial charge in [-0.15, -0.1) is 0 Å². The summed E-state index contributed by atoms with van der Waals surface area (Å²) in [7, 11) is 1.88. The molecule has 9 nitrogen and oxygen atoms in total. The van der Waals surface area contributed by atoms with Crippen molar-refractivity contribution in [3.8, 4) is 0 Å². The first-order valence-electron chi connectivity index (χ1n) is 9.44. The predicted octanol–water partition coefficient (Wildman–Crippen LogP) is 0.853. The van der Waals surface area contributed by atoms with Gasteiger partial charge in [-0.25, -0.2) is 9.97 Å². The first kappa shape index (κ1) is 16.9. The summed E-state index contributed by atoms with van der Waals surface area (Å²) in [5.41, 5.74) is 1.14. The van der Waals surface area contributed by atoms with Crippen molar-refractivity contribution in [2.75, 3.05) is 18.0 Å². The van der Waals surface area contributed by atoms with E-state index in [0.29, 0.717) is 17.9 Å². The molecule has 0 aliphatic carbocycles. The van der Waals surface area contributed by atoms with E-state index in [1.54, 1.807) is 10.7 Å². The van der Waals surface area contributed by atoms with Crippen LogP contribution in [0.3, 0.4) is 0 Å². The Morgan fingerprint density at radius 1 is 1.18 bits per heavy atom. The minimum Gasteiger partial charge on any atom is -0.349 e. The van der Waals surface area contributed by atoms with Gasteiger partial charge < -0.3 is 14.8 Å². The molecule has 6 heterocycles. The number of pyridine rings is 1. The highest BCUT2D eigenvalue weighted by atomic mass is 16.2. The molecule has 3 aliphatic heterocycles. The molecule has 0 radical (unpaired) electrons. The molecule has 3 fully saturated rings. The van der Waals surface area contributed by atoms with E-state index in [0.717, 1.165) is 36.2 Å². The van der Waals surface area contributed by atoms with Crippen molar-refractivity contribution in [2.24, 2.45) is 7.05 Å². The fourth-order valence-corrected chi connectivity index (χ4v) is 4.38. The number of hydrogen-bond acceptors (Lipinski definition) is 6. The molecule has 3 aromatic rings. The zero-order chi connectivity index (χ0) is 19.4. The zero-order valence-corrected chi connectivity index (χ0v) is 15.8. The molecule has 28 heavy (non-hydrogen) atoms. The van der Waals surface area contributed by atoms with Crippen molar-refractivity contribution in [3.63, 3.8) is 0 Å². The number of hydrogen-bond donors (Lipinski definition) is 1. The second-order valence-electron chi connectivity index (χ2n) is 7.54. The molecule has 0 aromatic carbocycles. The zero-order valence-electron chi connectivity index (χ0n) is 15.8. The number of aryl methyl sites for hydroxylation is 2. The second kappa shape index (κ2) is 6.15. The van der Waals surface area contributed by atoms with E-state index in [4.69, 9.17) is 4.98 Å². The lowest BCUT2D eigenvalue weighted by Crippen LogP contribution is -2.64. The average molecular weight is 379 g/mol. The van der Waals surface area contributed by atoms with E-state index in [-0.39, 0.29) is 23.6 Å². The molecule has 2 bridgehead atoms. The molecule has 9 heteroatoms. The summed E-state index contributed by atoms with van der Waals surface area (Å²) < 4.78 is 1.77. The maximum atomic E-state index is 13.0. The normalized spacial score (nSPS) is 21.5. The van der Waals surface area contributed by atoms with E-state index in [2.05, 4.69) is 20.0 Å². The average Bonchev–Trinajstić information content (AvgIpc) is 3.08. The van der Waals surface area contributed by atoms with Crippen molar-refractivity contribution >= 4 is 22.8 Å². The molecular weight excluding hydrogens is 358 g/mol. The van der Waals surface area contributed by atoms with Gasteiger partial charge in [0.2, 0.25) is 5.56 Å². The fourth-order valence-electron chi connectivity index (χ4n) is 4.38. The number of rotatable bonds is 2. The number of nitrogens with one attached hydrogen (secondary N) is 1. The number of H-pyrrole nitrogens is 1. The Morgan fingerprint density at radius 2 is 2.00 bits per heavy atom. The maximum absolute atomic E-state index is 13.0. The molecule has 1 N–H and O–H groups in total. The van der Waals surface area contributed by atoms with E-state index >= 15 is 0 Å². The molecule has 2 unspecified atom stereocenters. The molecule has 144 valence electrons. The van der Waals surface area contributed by atoms with Crippen LogP contribution >= 0.6 is 0 Å². The van der Waals surface area contributed by atoms with Gasteiger partial charge >= 0.3 is 0 Å². The SMILES string of the molecule is Cc1nc(N2CC3CCC2CN3C(=O)c2ccc(=O)[nH]c2)c2cnn(C)c2n1. The Morgan fingerprint density at radius 3 is 2.71 bits per heavy atom. The van der Waals surface area contributed by atoms with Crippen LogP contribution < -0.4 is 10.5 Å². The van der Waals surface area contributed by atoms with Crippen LogP contribution in [-0.4, -0.2) is 60.7 Å². The van der Waals surface area contributed by atoms with Crippen LogP contribution in [0.4, 0.5) is 5.82 Å². The van der Waals surface area contributed by atoms with E-state index in [1.807, 2.05) is 25.1 Å². The number of amides is 1. The van der Waals surface area contributed by atoms with Crippen molar-refractivity contribution in [2.45, 2.75) is 31.8 Å².